The van der Waals surface area contributed by atoms with Crippen molar-refractivity contribution in [2.24, 2.45) is 11.8 Å². The molecule has 5 rings (SSSR count). The van der Waals surface area contributed by atoms with Gasteiger partial charge in [0.1, 0.15) is 23.5 Å². The van der Waals surface area contributed by atoms with Gasteiger partial charge in [-0.1, -0.05) is 6.08 Å². The number of halogens is 1. The number of rotatable bonds is 5. The number of hydrogen-bond acceptors (Lipinski definition) is 6. The van der Waals surface area contributed by atoms with E-state index in [2.05, 4.69) is 21.0 Å². The van der Waals surface area contributed by atoms with Crippen LogP contribution in [0.25, 0.3) is 27.9 Å². The van der Waals surface area contributed by atoms with Crippen molar-refractivity contribution in [1.82, 2.24) is 19.9 Å². The summed E-state index contributed by atoms with van der Waals surface area (Å²) in [5.74, 6) is 0.0324. The Morgan fingerprint density at radius 1 is 1.08 bits per heavy atom. The Kier molecular flexibility index (Phi) is 6.71. The van der Waals surface area contributed by atoms with E-state index in [0.29, 0.717) is 55.0 Å². The monoisotopic (exact) mass is 492 g/mol. The van der Waals surface area contributed by atoms with E-state index in [4.69, 9.17) is 9.47 Å². The molecule has 3 heterocycles. The predicted octanol–water partition coefficient (Wildman–Crippen LogP) is 4.37. The first-order chi connectivity index (χ1) is 17.5. The van der Waals surface area contributed by atoms with E-state index in [1.165, 1.54) is 25.6 Å². The molecular weight excluding hydrogens is 463 g/mol. The minimum Gasteiger partial charge on any atom is -0.496 e. The predicted molar refractivity (Wildman–Crippen MR) is 132 cm³/mol. The third-order valence-corrected chi connectivity index (χ3v) is 7.32. The summed E-state index contributed by atoms with van der Waals surface area (Å²) in [5, 5.41) is 0.776. The number of methoxy groups -OCH3 is 2. The smallest absolute Gasteiger partial charge is 0.308 e. The maximum atomic E-state index is 14.0. The summed E-state index contributed by atoms with van der Waals surface area (Å²) in [4.78, 5) is 38.9. The topological polar surface area (TPSA) is 97.4 Å². The van der Waals surface area contributed by atoms with Crippen molar-refractivity contribution in [3.8, 4) is 17.0 Å². The van der Waals surface area contributed by atoms with Crippen LogP contribution in [-0.4, -0.2) is 59.0 Å². The van der Waals surface area contributed by atoms with Gasteiger partial charge in [-0.3, -0.25) is 9.59 Å². The van der Waals surface area contributed by atoms with Crippen LogP contribution in [-0.2, 0) is 14.3 Å². The number of benzene rings is 1. The number of carbonyl (C=O) groups excluding carboxylic acids is 2. The maximum Gasteiger partial charge on any atom is 0.308 e. The largest absolute Gasteiger partial charge is 0.496 e. The van der Waals surface area contributed by atoms with E-state index in [1.54, 1.807) is 13.2 Å². The molecule has 9 heteroatoms. The van der Waals surface area contributed by atoms with Crippen molar-refractivity contribution >= 4 is 28.5 Å². The first-order valence-corrected chi connectivity index (χ1v) is 12.2. The van der Waals surface area contributed by atoms with Gasteiger partial charge < -0.3 is 19.4 Å². The molecule has 0 spiro atoms. The second-order valence-corrected chi connectivity index (χ2v) is 9.35. The zero-order chi connectivity index (χ0) is 25.2. The number of fused-ring (bicyclic) bond motifs is 1. The Balaban J connectivity index is 1.32. The second kappa shape index (κ2) is 10.1. The fraction of sp³-hybridized carbons (Fsp3) is 0.407. The number of esters is 1. The van der Waals surface area contributed by atoms with Crippen molar-refractivity contribution in [2.75, 3.05) is 27.3 Å². The van der Waals surface area contributed by atoms with Gasteiger partial charge in [0.15, 0.2) is 0 Å². The SMILES string of the molecule is COc1ccc(F)cc1-c1ncnc2[nH]c(C3=CCN(C(=O)[C@H]4CC[C@H](C(=O)OC)CC4)CC3)cc12. The van der Waals surface area contributed by atoms with Crippen LogP contribution < -0.4 is 4.74 Å². The highest BCUT2D eigenvalue weighted by Gasteiger charge is 2.33. The average Bonchev–Trinajstić information content (AvgIpc) is 3.37. The molecule has 1 aliphatic carbocycles. The van der Waals surface area contributed by atoms with Crippen LogP contribution in [0, 0.1) is 17.7 Å². The lowest BCUT2D eigenvalue weighted by Gasteiger charge is -2.33. The third kappa shape index (κ3) is 4.57. The Morgan fingerprint density at radius 3 is 2.56 bits per heavy atom. The van der Waals surface area contributed by atoms with Crippen LogP contribution >= 0.6 is 0 Å². The van der Waals surface area contributed by atoms with E-state index < -0.39 is 0 Å². The summed E-state index contributed by atoms with van der Waals surface area (Å²) in [5.41, 5.74) is 3.82. The normalized spacial score (nSPS) is 20.2. The zero-order valence-electron chi connectivity index (χ0n) is 20.4. The zero-order valence-corrected chi connectivity index (χ0v) is 20.4. The van der Waals surface area contributed by atoms with E-state index in [-0.39, 0.29) is 29.5 Å². The number of nitrogens with zero attached hydrogens (tertiary/aromatic N) is 3. The number of hydrogen-bond donors (Lipinski definition) is 1. The molecule has 0 unspecified atom stereocenters. The lowest BCUT2D eigenvalue weighted by atomic mass is 9.81. The van der Waals surface area contributed by atoms with Gasteiger partial charge in [0, 0.05) is 35.7 Å². The lowest BCUT2D eigenvalue weighted by Crippen LogP contribution is -2.40. The van der Waals surface area contributed by atoms with Crippen LogP contribution in [0.15, 0.2) is 36.7 Å². The van der Waals surface area contributed by atoms with Gasteiger partial charge in [-0.15, -0.1) is 0 Å². The van der Waals surface area contributed by atoms with Crippen molar-refractivity contribution in [3.05, 3.63) is 48.2 Å². The molecular formula is C27H29FN4O4. The molecule has 188 valence electrons. The van der Waals surface area contributed by atoms with Crippen molar-refractivity contribution in [1.29, 1.82) is 0 Å². The van der Waals surface area contributed by atoms with Gasteiger partial charge in [0.25, 0.3) is 0 Å². The third-order valence-electron chi connectivity index (χ3n) is 7.32. The van der Waals surface area contributed by atoms with Gasteiger partial charge >= 0.3 is 5.97 Å². The number of H-pyrrole nitrogens is 1. The van der Waals surface area contributed by atoms with Crippen molar-refractivity contribution in [2.45, 2.75) is 32.1 Å². The molecule has 1 amide bonds. The molecule has 0 radical (unpaired) electrons. The molecule has 2 aromatic heterocycles. The molecule has 8 nitrogen and oxygen atoms in total. The van der Waals surface area contributed by atoms with Crippen LogP contribution in [0.3, 0.4) is 0 Å². The van der Waals surface area contributed by atoms with Crippen molar-refractivity contribution < 1.29 is 23.5 Å². The molecule has 1 aromatic carbocycles. The van der Waals surface area contributed by atoms with Crippen LogP contribution in [0.2, 0.25) is 0 Å². The minimum atomic E-state index is -0.369. The standard InChI is InChI=1S/C27H29FN4O4/c1-35-23-8-7-19(28)13-20(23)24-21-14-22(31-25(21)30-15-29-24)16-9-11-32(12-10-16)26(33)17-3-5-18(6-4-17)27(34)36-2/h7-9,13-15,17-18H,3-6,10-12H2,1-2H3,(H,29,30,31)/t17-,18-. The molecule has 3 aromatic rings. The molecule has 1 fully saturated rings. The van der Waals surface area contributed by atoms with E-state index in [0.717, 1.165) is 29.5 Å². The van der Waals surface area contributed by atoms with Gasteiger partial charge in [0.2, 0.25) is 5.91 Å². The first kappa shape index (κ1) is 24.0. The van der Waals surface area contributed by atoms with E-state index in [9.17, 15) is 14.0 Å². The van der Waals surface area contributed by atoms with Gasteiger partial charge in [-0.2, -0.15) is 0 Å². The van der Waals surface area contributed by atoms with E-state index in [1.807, 2.05) is 11.0 Å². The van der Waals surface area contributed by atoms with Crippen LogP contribution in [0.4, 0.5) is 4.39 Å². The number of amides is 1. The quantitative estimate of drug-likeness (QED) is 0.532. The Hall–Kier alpha value is -3.75. The Morgan fingerprint density at radius 2 is 1.86 bits per heavy atom. The minimum absolute atomic E-state index is 0.0342. The molecule has 1 saturated carbocycles. The number of nitrogens with one attached hydrogen (secondary N) is 1. The fourth-order valence-corrected chi connectivity index (χ4v) is 5.31. The molecule has 2 aliphatic rings. The van der Waals surface area contributed by atoms with Crippen LogP contribution in [0.5, 0.6) is 5.75 Å². The molecule has 0 bridgehead atoms. The lowest BCUT2D eigenvalue weighted by molar-refractivity contribution is -0.148. The highest BCUT2D eigenvalue weighted by Crippen LogP contribution is 2.36. The summed E-state index contributed by atoms with van der Waals surface area (Å²) >= 11 is 0. The highest BCUT2D eigenvalue weighted by atomic mass is 19.1. The molecule has 1 aliphatic heterocycles. The average molecular weight is 493 g/mol. The van der Waals surface area contributed by atoms with Gasteiger partial charge in [-0.05, 0) is 61.9 Å². The van der Waals surface area contributed by atoms with Gasteiger partial charge in [-0.25, -0.2) is 14.4 Å². The van der Waals surface area contributed by atoms with Crippen LogP contribution in [0.1, 0.15) is 37.8 Å². The molecule has 1 N–H and O–H groups in total. The van der Waals surface area contributed by atoms with Crippen molar-refractivity contribution in [3.63, 3.8) is 0 Å². The summed E-state index contributed by atoms with van der Waals surface area (Å²) in [7, 11) is 2.96. The number of aromatic nitrogens is 3. The first-order valence-electron chi connectivity index (χ1n) is 12.2. The molecule has 36 heavy (non-hydrogen) atoms. The summed E-state index contributed by atoms with van der Waals surface area (Å²) < 4.78 is 24.3. The van der Waals surface area contributed by atoms with Gasteiger partial charge in [0.05, 0.1) is 25.8 Å². The van der Waals surface area contributed by atoms with E-state index >= 15 is 0 Å². The summed E-state index contributed by atoms with van der Waals surface area (Å²) in [6.07, 6.45) is 7.08. The Labute approximate surface area is 208 Å². The summed E-state index contributed by atoms with van der Waals surface area (Å²) in [6.45, 7) is 1.17. The fourth-order valence-electron chi connectivity index (χ4n) is 5.31. The number of aromatic amines is 1. The maximum absolute atomic E-state index is 14.0. The highest BCUT2D eigenvalue weighted by molar-refractivity contribution is 5.95. The molecule has 0 saturated heterocycles. The summed E-state index contributed by atoms with van der Waals surface area (Å²) in [6, 6.07) is 6.33. The number of ether oxygens (including phenoxy) is 2. The second-order valence-electron chi connectivity index (χ2n) is 9.35. The molecule has 0 atom stereocenters. The number of carbonyl (C=O) groups is 2. The Bertz CT molecular complexity index is 1330.